The molecule has 1 saturated carbocycles. The number of alkyl halides is 2. The fourth-order valence-electron chi connectivity index (χ4n) is 1.03. The average molecular weight is 172 g/mol. The van der Waals surface area contributed by atoms with E-state index in [1.54, 1.807) is 0 Å². The van der Waals surface area contributed by atoms with Crippen LogP contribution in [0.2, 0.25) is 0 Å². The van der Waals surface area contributed by atoms with E-state index >= 15 is 0 Å². The molecule has 0 aromatic carbocycles. The number of nitrogens with two attached hydrogens (primary N) is 1. The van der Waals surface area contributed by atoms with Gasteiger partial charge < -0.3 is 5.73 Å². The first-order valence-electron chi connectivity index (χ1n) is 3.25. The minimum Gasteiger partial charge on any atom is -0.323 e. The lowest BCUT2D eigenvalue weighted by molar-refractivity contribution is 0.0651. The average Bonchev–Trinajstić information content (AvgIpc) is 1.60. The van der Waals surface area contributed by atoms with Gasteiger partial charge in [-0.2, -0.15) is 0 Å². The lowest BCUT2D eigenvalue weighted by Crippen LogP contribution is -2.40. The van der Waals surface area contributed by atoms with Gasteiger partial charge in [0.2, 0.25) is 0 Å². The van der Waals surface area contributed by atoms with E-state index in [1.165, 1.54) is 0 Å². The van der Waals surface area contributed by atoms with Crippen molar-refractivity contribution in [2.75, 3.05) is 0 Å². The van der Waals surface area contributed by atoms with Crippen molar-refractivity contribution >= 4 is 12.4 Å². The smallest absolute Gasteiger partial charge is 0.253 e. The number of hydrogen-bond donors (Lipinski definition) is 1. The first kappa shape index (κ1) is 10.1. The Hall–Kier alpha value is 0.110. The molecule has 1 fully saturated rings. The fourth-order valence-corrected chi connectivity index (χ4v) is 1.03. The predicted molar refractivity (Wildman–Crippen MR) is 38.6 cm³/mol. The molecule has 1 aliphatic rings. The SMILES string of the molecule is Cl.N[C@H](C(F)F)C1CCC1. The summed E-state index contributed by atoms with van der Waals surface area (Å²) in [6.45, 7) is 0. The van der Waals surface area contributed by atoms with Crippen molar-refractivity contribution in [3.8, 4) is 0 Å². The van der Waals surface area contributed by atoms with Gasteiger partial charge in [-0.1, -0.05) is 6.42 Å². The monoisotopic (exact) mass is 171 g/mol. The zero-order valence-corrected chi connectivity index (χ0v) is 6.41. The van der Waals surface area contributed by atoms with Crippen molar-refractivity contribution in [1.82, 2.24) is 0 Å². The molecule has 0 saturated heterocycles. The third-order valence-electron chi connectivity index (χ3n) is 1.99. The van der Waals surface area contributed by atoms with Crippen molar-refractivity contribution in [2.45, 2.75) is 31.7 Å². The molecule has 0 spiro atoms. The zero-order valence-electron chi connectivity index (χ0n) is 5.59. The van der Waals surface area contributed by atoms with Crippen LogP contribution in [0, 0.1) is 5.92 Å². The van der Waals surface area contributed by atoms with Gasteiger partial charge in [0.1, 0.15) is 0 Å². The lowest BCUT2D eigenvalue weighted by Gasteiger charge is -2.30. The Kier molecular flexibility index (Phi) is 4.13. The second-order valence-corrected chi connectivity index (χ2v) is 2.60. The van der Waals surface area contributed by atoms with E-state index in [2.05, 4.69) is 0 Å². The number of rotatable bonds is 2. The van der Waals surface area contributed by atoms with E-state index in [9.17, 15) is 8.78 Å². The Morgan fingerprint density at radius 3 is 1.90 bits per heavy atom. The molecule has 0 amide bonds. The van der Waals surface area contributed by atoms with E-state index in [-0.39, 0.29) is 18.3 Å². The van der Waals surface area contributed by atoms with Crippen molar-refractivity contribution in [2.24, 2.45) is 11.7 Å². The highest BCUT2D eigenvalue weighted by Crippen LogP contribution is 2.30. The highest BCUT2D eigenvalue weighted by Gasteiger charge is 2.30. The van der Waals surface area contributed by atoms with Gasteiger partial charge in [0.05, 0.1) is 6.04 Å². The quantitative estimate of drug-likeness (QED) is 0.674. The van der Waals surface area contributed by atoms with E-state index in [4.69, 9.17) is 5.73 Å². The zero-order chi connectivity index (χ0) is 6.85. The molecule has 62 valence electrons. The van der Waals surface area contributed by atoms with Gasteiger partial charge in [-0.05, 0) is 18.8 Å². The summed E-state index contributed by atoms with van der Waals surface area (Å²) in [5.41, 5.74) is 5.17. The minimum atomic E-state index is -2.32. The Morgan fingerprint density at radius 2 is 1.80 bits per heavy atom. The van der Waals surface area contributed by atoms with Crippen LogP contribution < -0.4 is 5.73 Å². The summed E-state index contributed by atoms with van der Waals surface area (Å²) in [4.78, 5) is 0. The van der Waals surface area contributed by atoms with Crippen LogP contribution in [-0.4, -0.2) is 12.5 Å². The van der Waals surface area contributed by atoms with Gasteiger partial charge in [0, 0.05) is 0 Å². The molecule has 1 aliphatic carbocycles. The molecule has 1 nitrogen and oxygen atoms in total. The van der Waals surface area contributed by atoms with Gasteiger partial charge >= 0.3 is 0 Å². The second-order valence-electron chi connectivity index (χ2n) is 2.60. The summed E-state index contributed by atoms with van der Waals surface area (Å²) in [6, 6.07) is -0.862. The highest BCUT2D eigenvalue weighted by molar-refractivity contribution is 5.85. The molecule has 0 aromatic heterocycles. The van der Waals surface area contributed by atoms with Gasteiger partial charge in [0.15, 0.2) is 0 Å². The first-order valence-corrected chi connectivity index (χ1v) is 3.25. The molecular weight excluding hydrogens is 160 g/mol. The van der Waals surface area contributed by atoms with E-state index in [1.807, 2.05) is 0 Å². The number of hydrogen-bond acceptors (Lipinski definition) is 1. The maximum atomic E-state index is 11.8. The summed E-state index contributed by atoms with van der Waals surface area (Å²) in [5.74, 6) is 0.102. The largest absolute Gasteiger partial charge is 0.323 e. The first-order chi connectivity index (χ1) is 4.22. The molecule has 1 rings (SSSR count). The fraction of sp³-hybridized carbons (Fsp3) is 1.00. The Balaban J connectivity index is 0.000000810. The van der Waals surface area contributed by atoms with Gasteiger partial charge in [-0.15, -0.1) is 12.4 Å². The van der Waals surface area contributed by atoms with Crippen LogP contribution >= 0.6 is 12.4 Å². The minimum absolute atomic E-state index is 0. The van der Waals surface area contributed by atoms with Crippen LogP contribution in [0.1, 0.15) is 19.3 Å². The molecule has 0 aromatic rings. The molecule has 0 radical (unpaired) electrons. The standard InChI is InChI=1S/C6H11F2N.ClH/c7-6(8)5(9)4-2-1-3-4;/h4-6H,1-3,9H2;1H/t5-;/m0./s1. The molecule has 2 N–H and O–H groups in total. The van der Waals surface area contributed by atoms with Crippen molar-refractivity contribution in [3.05, 3.63) is 0 Å². The normalized spacial score (nSPS) is 21.6. The molecule has 4 heteroatoms. The Labute approximate surface area is 65.4 Å². The molecule has 0 heterocycles. The Morgan fingerprint density at radius 1 is 1.30 bits per heavy atom. The van der Waals surface area contributed by atoms with E-state index in [0.717, 1.165) is 19.3 Å². The maximum Gasteiger partial charge on any atom is 0.253 e. The van der Waals surface area contributed by atoms with Crippen molar-refractivity contribution < 1.29 is 8.78 Å². The van der Waals surface area contributed by atoms with E-state index in [0.29, 0.717) is 0 Å². The van der Waals surface area contributed by atoms with Crippen LogP contribution in [0.5, 0.6) is 0 Å². The molecule has 0 bridgehead atoms. The second kappa shape index (κ2) is 4.09. The van der Waals surface area contributed by atoms with Gasteiger partial charge in [-0.25, -0.2) is 8.78 Å². The van der Waals surface area contributed by atoms with Crippen molar-refractivity contribution in [1.29, 1.82) is 0 Å². The third kappa shape index (κ3) is 2.06. The third-order valence-corrected chi connectivity index (χ3v) is 1.99. The summed E-state index contributed by atoms with van der Waals surface area (Å²) in [5, 5.41) is 0. The summed E-state index contributed by atoms with van der Waals surface area (Å²) in [7, 11) is 0. The van der Waals surface area contributed by atoms with Crippen LogP contribution in [-0.2, 0) is 0 Å². The van der Waals surface area contributed by atoms with E-state index < -0.39 is 12.5 Å². The predicted octanol–water partition coefficient (Wildman–Crippen LogP) is 1.80. The van der Waals surface area contributed by atoms with Gasteiger partial charge in [-0.3, -0.25) is 0 Å². The lowest BCUT2D eigenvalue weighted by atomic mass is 9.80. The number of halogens is 3. The molecule has 1 atom stereocenters. The van der Waals surface area contributed by atoms with Crippen LogP contribution in [0.25, 0.3) is 0 Å². The van der Waals surface area contributed by atoms with Crippen LogP contribution in [0.3, 0.4) is 0 Å². The highest BCUT2D eigenvalue weighted by atomic mass is 35.5. The summed E-state index contributed by atoms with van der Waals surface area (Å²) < 4.78 is 23.5. The van der Waals surface area contributed by atoms with Crippen LogP contribution in [0.4, 0.5) is 8.78 Å². The summed E-state index contributed by atoms with van der Waals surface area (Å²) in [6.07, 6.45) is 0.539. The molecular formula is C6H12ClF2N. The van der Waals surface area contributed by atoms with Gasteiger partial charge in [0.25, 0.3) is 6.43 Å². The Bertz CT molecular complexity index is 95.7. The molecule has 10 heavy (non-hydrogen) atoms. The van der Waals surface area contributed by atoms with Crippen molar-refractivity contribution in [3.63, 3.8) is 0 Å². The molecule has 0 unspecified atom stereocenters. The topological polar surface area (TPSA) is 26.0 Å². The molecule has 0 aliphatic heterocycles. The van der Waals surface area contributed by atoms with Crippen LogP contribution in [0.15, 0.2) is 0 Å². The maximum absolute atomic E-state index is 11.8. The summed E-state index contributed by atoms with van der Waals surface area (Å²) >= 11 is 0.